The molecule has 10 heteroatoms. The minimum atomic E-state index is -0.174. The van der Waals surface area contributed by atoms with E-state index in [0.717, 1.165) is 4.47 Å². The molecule has 138 valence electrons. The van der Waals surface area contributed by atoms with Crippen LogP contribution >= 0.6 is 15.9 Å². The highest BCUT2D eigenvalue weighted by atomic mass is 79.9. The summed E-state index contributed by atoms with van der Waals surface area (Å²) in [7, 11) is 0. The van der Waals surface area contributed by atoms with E-state index in [1.54, 1.807) is 29.0 Å². The molecule has 0 aliphatic carbocycles. The zero-order valence-electron chi connectivity index (χ0n) is 14.4. The number of halogens is 1. The molecular formula is C16H20BrN7O2. The van der Waals surface area contributed by atoms with Gasteiger partial charge in [-0.25, -0.2) is 0 Å². The fourth-order valence-corrected chi connectivity index (χ4v) is 2.70. The number of hydrogen-bond donors (Lipinski definition) is 4. The van der Waals surface area contributed by atoms with Crippen LogP contribution in [-0.2, 0) is 6.54 Å². The van der Waals surface area contributed by atoms with Crippen LogP contribution in [0.5, 0.6) is 5.75 Å². The van der Waals surface area contributed by atoms with E-state index in [-0.39, 0.29) is 30.9 Å². The molecule has 3 aromatic rings. The smallest absolute Gasteiger partial charge is 0.229 e. The summed E-state index contributed by atoms with van der Waals surface area (Å²) in [6.07, 6.45) is 3.24. The first kappa shape index (κ1) is 18.3. The monoisotopic (exact) mass is 421 g/mol. The summed E-state index contributed by atoms with van der Waals surface area (Å²) < 4.78 is 2.27. The van der Waals surface area contributed by atoms with Gasteiger partial charge in [-0.15, -0.1) is 0 Å². The Hall–Kier alpha value is -2.46. The predicted octanol–water partition coefficient (Wildman–Crippen LogP) is 2.03. The van der Waals surface area contributed by atoms with Crippen molar-refractivity contribution in [3.63, 3.8) is 0 Å². The van der Waals surface area contributed by atoms with Gasteiger partial charge >= 0.3 is 0 Å². The van der Waals surface area contributed by atoms with Gasteiger partial charge in [0.25, 0.3) is 0 Å². The van der Waals surface area contributed by atoms with Crippen molar-refractivity contribution in [2.75, 3.05) is 17.2 Å². The van der Waals surface area contributed by atoms with E-state index in [0.29, 0.717) is 23.2 Å². The zero-order valence-corrected chi connectivity index (χ0v) is 16.0. The number of aromatic nitrogens is 5. The number of nitrogens with zero attached hydrogens (tertiary/aromatic N) is 5. The normalized spacial score (nSPS) is 12.5. The molecular weight excluding hydrogens is 402 g/mol. The first-order valence-corrected chi connectivity index (χ1v) is 8.94. The Bertz CT molecular complexity index is 899. The minimum Gasteiger partial charge on any atom is -0.506 e. The lowest BCUT2D eigenvalue weighted by atomic mass is 10.1. The number of hydrogen-bond acceptors (Lipinski definition) is 8. The van der Waals surface area contributed by atoms with Crippen LogP contribution in [0.2, 0.25) is 0 Å². The third-order valence-corrected chi connectivity index (χ3v) is 4.48. The Morgan fingerprint density at radius 3 is 2.81 bits per heavy atom. The molecule has 0 saturated carbocycles. The van der Waals surface area contributed by atoms with Crippen molar-refractivity contribution in [1.82, 2.24) is 24.6 Å². The van der Waals surface area contributed by atoms with Gasteiger partial charge in [0.05, 0.1) is 29.9 Å². The molecule has 0 fully saturated rings. The van der Waals surface area contributed by atoms with Crippen LogP contribution in [0.25, 0.3) is 5.65 Å². The van der Waals surface area contributed by atoms with Crippen molar-refractivity contribution in [3.8, 4) is 5.75 Å². The Balaban J connectivity index is 1.91. The van der Waals surface area contributed by atoms with E-state index in [2.05, 4.69) is 46.6 Å². The molecule has 3 heterocycles. The fourth-order valence-electron chi connectivity index (χ4n) is 2.35. The van der Waals surface area contributed by atoms with E-state index in [4.69, 9.17) is 0 Å². The van der Waals surface area contributed by atoms with Gasteiger partial charge in [-0.1, -0.05) is 13.8 Å². The van der Waals surface area contributed by atoms with Crippen molar-refractivity contribution in [1.29, 1.82) is 0 Å². The molecule has 3 rings (SSSR count). The summed E-state index contributed by atoms with van der Waals surface area (Å²) in [5, 5.41) is 29.9. The molecule has 0 aromatic carbocycles. The Morgan fingerprint density at radius 2 is 2.12 bits per heavy atom. The van der Waals surface area contributed by atoms with E-state index in [9.17, 15) is 10.2 Å². The highest BCUT2D eigenvalue weighted by molar-refractivity contribution is 9.10. The molecule has 0 bridgehead atoms. The van der Waals surface area contributed by atoms with Crippen LogP contribution < -0.4 is 10.6 Å². The van der Waals surface area contributed by atoms with Crippen LogP contribution in [0, 0.1) is 5.92 Å². The summed E-state index contributed by atoms with van der Waals surface area (Å²) in [5.41, 5.74) is 1.08. The summed E-state index contributed by atoms with van der Waals surface area (Å²) in [4.78, 5) is 13.1. The van der Waals surface area contributed by atoms with Crippen molar-refractivity contribution in [3.05, 3.63) is 34.7 Å². The molecule has 0 radical (unpaired) electrons. The highest BCUT2D eigenvalue weighted by Crippen LogP contribution is 2.22. The van der Waals surface area contributed by atoms with Gasteiger partial charge in [0.1, 0.15) is 11.4 Å². The fraction of sp³-hybridized carbons (Fsp3) is 0.375. The van der Waals surface area contributed by atoms with Crippen LogP contribution in [0.4, 0.5) is 11.9 Å². The van der Waals surface area contributed by atoms with Crippen molar-refractivity contribution in [2.24, 2.45) is 5.92 Å². The molecule has 3 aromatic heterocycles. The van der Waals surface area contributed by atoms with Crippen molar-refractivity contribution in [2.45, 2.75) is 26.4 Å². The van der Waals surface area contributed by atoms with Gasteiger partial charge in [-0.2, -0.15) is 19.6 Å². The van der Waals surface area contributed by atoms with Crippen molar-refractivity contribution >= 4 is 33.5 Å². The number of pyridine rings is 1. The average molecular weight is 422 g/mol. The lowest BCUT2D eigenvalue weighted by Gasteiger charge is -2.20. The average Bonchev–Trinajstić information content (AvgIpc) is 3.00. The van der Waals surface area contributed by atoms with Gasteiger partial charge in [-0.3, -0.25) is 4.98 Å². The Morgan fingerprint density at radius 1 is 1.31 bits per heavy atom. The summed E-state index contributed by atoms with van der Waals surface area (Å²) in [6.45, 7) is 4.24. The van der Waals surface area contributed by atoms with Gasteiger partial charge in [0.2, 0.25) is 11.9 Å². The Labute approximate surface area is 158 Å². The molecule has 0 saturated heterocycles. The third-order valence-electron chi connectivity index (χ3n) is 3.92. The van der Waals surface area contributed by atoms with Gasteiger partial charge < -0.3 is 20.8 Å². The molecule has 0 spiro atoms. The van der Waals surface area contributed by atoms with E-state index in [1.165, 1.54) is 0 Å². The molecule has 0 amide bonds. The maximum Gasteiger partial charge on any atom is 0.229 e. The topological polar surface area (TPSA) is 120 Å². The predicted molar refractivity (Wildman–Crippen MR) is 101 cm³/mol. The number of rotatable bonds is 7. The second kappa shape index (κ2) is 7.83. The number of aliphatic hydroxyl groups is 1. The second-order valence-electron chi connectivity index (χ2n) is 6.10. The van der Waals surface area contributed by atoms with Gasteiger partial charge in [0, 0.05) is 6.20 Å². The second-order valence-corrected chi connectivity index (χ2v) is 6.95. The van der Waals surface area contributed by atoms with Crippen molar-refractivity contribution < 1.29 is 10.2 Å². The number of nitrogens with one attached hydrogen (secondary N) is 2. The van der Waals surface area contributed by atoms with Crippen LogP contribution in [0.15, 0.2) is 29.0 Å². The third kappa shape index (κ3) is 3.86. The zero-order chi connectivity index (χ0) is 18.7. The van der Waals surface area contributed by atoms with E-state index in [1.807, 2.05) is 13.8 Å². The highest BCUT2D eigenvalue weighted by Gasteiger charge is 2.17. The van der Waals surface area contributed by atoms with Crippen LogP contribution in [0.3, 0.4) is 0 Å². The molecule has 9 nitrogen and oxygen atoms in total. The molecule has 0 aliphatic rings. The number of anilines is 2. The molecule has 4 N–H and O–H groups in total. The van der Waals surface area contributed by atoms with E-state index < -0.39 is 0 Å². The largest absolute Gasteiger partial charge is 0.506 e. The lowest BCUT2D eigenvalue weighted by Crippen LogP contribution is -2.30. The standard InChI is InChI=1S/C16H20BrN7O2/c1-9(2)12(8-25)21-15-22-14-10(17)6-20-24(14)16(23-15)19-7-11-13(26)4-3-5-18-11/h3-6,9,12,25-26H,7-8H2,1-2H3,(H2,19,21,22,23)/t12-/m0/s1. The van der Waals surface area contributed by atoms with Crippen LogP contribution in [0.1, 0.15) is 19.5 Å². The quantitative estimate of drug-likeness (QED) is 0.457. The first-order chi connectivity index (χ1) is 12.5. The molecule has 0 aliphatic heterocycles. The maximum absolute atomic E-state index is 9.87. The summed E-state index contributed by atoms with van der Waals surface area (Å²) >= 11 is 3.42. The van der Waals surface area contributed by atoms with Gasteiger partial charge in [0.15, 0.2) is 5.65 Å². The molecule has 0 unspecified atom stereocenters. The number of aliphatic hydroxyl groups excluding tert-OH is 1. The SMILES string of the molecule is CC(C)[C@H](CO)Nc1nc(NCc2ncccc2O)n2ncc(Br)c2n1. The first-order valence-electron chi connectivity index (χ1n) is 8.15. The lowest BCUT2D eigenvalue weighted by molar-refractivity contribution is 0.248. The molecule has 1 atom stereocenters. The summed E-state index contributed by atoms with van der Waals surface area (Å²) in [5.74, 6) is 1.12. The van der Waals surface area contributed by atoms with Gasteiger partial charge in [-0.05, 0) is 34.0 Å². The minimum absolute atomic E-state index is 0.0305. The molecule has 26 heavy (non-hydrogen) atoms. The number of fused-ring (bicyclic) bond motifs is 1. The number of aromatic hydroxyl groups is 1. The van der Waals surface area contributed by atoms with E-state index >= 15 is 0 Å². The van der Waals surface area contributed by atoms with Crippen LogP contribution in [-0.4, -0.2) is 47.4 Å². The maximum atomic E-state index is 9.87. The summed E-state index contributed by atoms with van der Waals surface area (Å²) in [6, 6.07) is 3.06. The Kier molecular flexibility index (Phi) is 5.52.